The van der Waals surface area contributed by atoms with Gasteiger partial charge in [0, 0.05) is 13.0 Å². The first-order valence-corrected chi connectivity index (χ1v) is 5.93. The van der Waals surface area contributed by atoms with Crippen LogP contribution in [0.15, 0.2) is 0 Å². The monoisotopic (exact) mass is 199 g/mol. The molecular weight excluding hydrogens is 174 g/mol. The van der Waals surface area contributed by atoms with E-state index in [-0.39, 0.29) is 5.91 Å². The van der Waals surface area contributed by atoms with Gasteiger partial charge >= 0.3 is 0 Å². The van der Waals surface area contributed by atoms with Crippen LogP contribution in [0.4, 0.5) is 0 Å². The molecule has 0 aromatic heterocycles. The van der Waals surface area contributed by atoms with Crippen molar-refractivity contribution in [1.82, 2.24) is 5.32 Å². The van der Waals surface area contributed by atoms with Crippen molar-refractivity contribution in [2.24, 2.45) is 5.92 Å². The summed E-state index contributed by atoms with van der Waals surface area (Å²) in [5, 5.41) is 2.93. The number of hydrogen-bond acceptors (Lipinski definition) is 1. The number of carbonyl (C=O) groups is 1. The molecule has 0 fully saturated rings. The van der Waals surface area contributed by atoms with E-state index in [1.165, 1.54) is 25.7 Å². The Balaban J connectivity index is 3.18. The van der Waals surface area contributed by atoms with E-state index in [4.69, 9.17) is 0 Å². The van der Waals surface area contributed by atoms with E-state index in [1.807, 2.05) is 0 Å². The molecule has 0 aromatic rings. The molecule has 0 radical (unpaired) electrons. The number of rotatable bonds is 8. The van der Waals surface area contributed by atoms with Crippen molar-refractivity contribution >= 4 is 5.91 Å². The molecule has 0 atom stereocenters. The lowest BCUT2D eigenvalue weighted by Gasteiger charge is -2.07. The third-order valence-electron chi connectivity index (χ3n) is 2.21. The van der Waals surface area contributed by atoms with E-state index in [0.29, 0.717) is 12.3 Å². The Bertz CT molecular complexity index is 143. The molecule has 0 saturated carbocycles. The summed E-state index contributed by atoms with van der Waals surface area (Å²) in [6.07, 6.45) is 6.78. The molecule has 1 amide bonds. The molecule has 2 nitrogen and oxygen atoms in total. The predicted molar refractivity (Wildman–Crippen MR) is 61.2 cm³/mol. The van der Waals surface area contributed by atoms with E-state index in [0.717, 1.165) is 13.0 Å². The summed E-state index contributed by atoms with van der Waals surface area (Å²) in [5.41, 5.74) is 0. The smallest absolute Gasteiger partial charge is 0.220 e. The van der Waals surface area contributed by atoms with Crippen LogP contribution in [0.25, 0.3) is 0 Å². The summed E-state index contributed by atoms with van der Waals surface area (Å²) in [6.45, 7) is 7.24. The normalized spacial score (nSPS) is 10.6. The Labute approximate surface area is 88.5 Å². The molecule has 0 spiro atoms. The highest BCUT2D eigenvalue weighted by Crippen LogP contribution is 2.04. The minimum absolute atomic E-state index is 0.218. The van der Waals surface area contributed by atoms with Gasteiger partial charge in [-0.05, 0) is 12.3 Å². The summed E-state index contributed by atoms with van der Waals surface area (Å²) in [4.78, 5) is 11.3. The van der Waals surface area contributed by atoms with E-state index in [9.17, 15) is 4.79 Å². The van der Waals surface area contributed by atoms with Gasteiger partial charge in [-0.3, -0.25) is 4.79 Å². The van der Waals surface area contributed by atoms with E-state index in [2.05, 4.69) is 26.1 Å². The summed E-state index contributed by atoms with van der Waals surface area (Å²) in [6, 6.07) is 0. The maximum absolute atomic E-state index is 11.3. The molecule has 0 aliphatic carbocycles. The third-order valence-corrected chi connectivity index (χ3v) is 2.21. The first-order valence-electron chi connectivity index (χ1n) is 5.93. The summed E-state index contributed by atoms with van der Waals surface area (Å²) < 4.78 is 0. The molecule has 0 heterocycles. The van der Waals surface area contributed by atoms with Crippen LogP contribution in [0.3, 0.4) is 0 Å². The number of hydrogen-bond donors (Lipinski definition) is 1. The number of unbranched alkanes of at least 4 members (excludes halogenated alkanes) is 4. The second-order valence-electron chi connectivity index (χ2n) is 4.36. The van der Waals surface area contributed by atoms with Gasteiger partial charge in [0.25, 0.3) is 0 Å². The fourth-order valence-corrected chi connectivity index (χ4v) is 1.30. The lowest BCUT2D eigenvalue weighted by molar-refractivity contribution is -0.121. The van der Waals surface area contributed by atoms with Gasteiger partial charge in [-0.1, -0.05) is 46.5 Å². The molecule has 0 saturated heterocycles. The van der Waals surface area contributed by atoms with Crippen molar-refractivity contribution in [1.29, 1.82) is 0 Å². The fourth-order valence-electron chi connectivity index (χ4n) is 1.30. The average Bonchev–Trinajstić information content (AvgIpc) is 2.14. The molecule has 2 heteroatoms. The van der Waals surface area contributed by atoms with Gasteiger partial charge in [-0.2, -0.15) is 0 Å². The number of carbonyl (C=O) groups excluding carboxylic acids is 1. The molecule has 0 rings (SSSR count). The zero-order chi connectivity index (χ0) is 10.8. The van der Waals surface area contributed by atoms with Crippen molar-refractivity contribution in [2.45, 2.75) is 59.3 Å². The highest BCUT2D eigenvalue weighted by molar-refractivity contribution is 5.75. The summed E-state index contributed by atoms with van der Waals surface area (Å²) in [5.74, 6) is 0.772. The van der Waals surface area contributed by atoms with Crippen molar-refractivity contribution in [3.63, 3.8) is 0 Å². The Morgan fingerprint density at radius 2 is 1.79 bits per heavy atom. The largest absolute Gasteiger partial charge is 0.356 e. The van der Waals surface area contributed by atoms with Gasteiger partial charge < -0.3 is 5.32 Å². The van der Waals surface area contributed by atoms with Gasteiger partial charge in [0.05, 0.1) is 0 Å². The Kier molecular flexibility index (Phi) is 8.70. The van der Waals surface area contributed by atoms with Crippen molar-refractivity contribution in [2.75, 3.05) is 6.54 Å². The second-order valence-corrected chi connectivity index (χ2v) is 4.36. The van der Waals surface area contributed by atoms with Crippen LogP contribution in [0.5, 0.6) is 0 Å². The first kappa shape index (κ1) is 13.5. The van der Waals surface area contributed by atoms with E-state index >= 15 is 0 Å². The van der Waals surface area contributed by atoms with E-state index in [1.54, 1.807) is 0 Å². The van der Waals surface area contributed by atoms with Gasteiger partial charge in [0.15, 0.2) is 0 Å². The molecule has 14 heavy (non-hydrogen) atoms. The standard InChI is InChI=1S/C12H25NO/c1-4-5-6-7-8-9-12(14)13-10-11(2)3/h11H,4-10H2,1-3H3,(H,13,14). The molecule has 0 aliphatic rings. The average molecular weight is 199 g/mol. The Morgan fingerprint density at radius 3 is 2.36 bits per heavy atom. The topological polar surface area (TPSA) is 29.1 Å². The lowest BCUT2D eigenvalue weighted by atomic mass is 10.1. The molecule has 0 aromatic carbocycles. The second kappa shape index (κ2) is 9.04. The van der Waals surface area contributed by atoms with Gasteiger partial charge in [-0.25, -0.2) is 0 Å². The Hall–Kier alpha value is -0.530. The maximum Gasteiger partial charge on any atom is 0.220 e. The molecule has 0 bridgehead atoms. The summed E-state index contributed by atoms with van der Waals surface area (Å²) >= 11 is 0. The molecule has 0 aliphatic heterocycles. The van der Waals surface area contributed by atoms with Crippen LogP contribution in [-0.2, 0) is 4.79 Å². The maximum atomic E-state index is 11.3. The third kappa shape index (κ3) is 9.56. The Morgan fingerprint density at radius 1 is 1.14 bits per heavy atom. The SMILES string of the molecule is CCCCCCCC(=O)NCC(C)C. The van der Waals surface area contributed by atoms with Crippen molar-refractivity contribution < 1.29 is 4.79 Å². The molecule has 1 N–H and O–H groups in total. The highest BCUT2D eigenvalue weighted by Gasteiger charge is 2.01. The van der Waals surface area contributed by atoms with Crippen molar-refractivity contribution in [3.05, 3.63) is 0 Å². The van der Waals surface area contributed by atoms with Crippen LogP contribution in [0.1, 0.15) is 59.3 Å². The van der Waals surface area contributed by atoms with Gasteiger partial charge in [0.1, 0.15) is 0 Å². The first-order chi connectivity index (χ1) is 6.66. The van der Waals surface area contributed by atoms with E-state index < -0.39 is 0 Å². The van der Waals surface area contributed by atoms with Crippen molar-refractivity contribution in [3.8, 4) is 0 Å². The zero-order valence-corrected chi connectivity index (χ0v) is 9.94. The summed E-state index contributed by atoms with van der Waals surface area (Å²) in [7, 11) is 0. The van der Waals surface area contributed by atoms with Crippen LogP contribution in [-0.4, -0.2) is 12.5 Å². The van der Waals surface area contributed by atoms with Crippen LogP contribution < -0.4 is 5.32 Å². The van der Waals surface area contributed by atoms with Gasteiger partial charge in [0.2, 0.25) is 5.91 Å². The van der Waals surface area contributed by atoms with Crippen LogP contribution >= 0.6 is 0 Å². The van der Waals surface area contributed by atoms with Gasteiger partial charge in [-0.15, -0.1) is 0 Å². The number of amides is 1. The molecule has 84 valence electrons. The molecular formula is C12H25NO. The fraction of sp³-hybridized carbons (Fsp3) is 0.917. The minimum atomic E-state index is 0.218. The minimum Gasteiger partial charge on any atom is -0.356 e. The zero-order valence-electron chi connectivity index (χ0n) is 9.94. The van der Waals surface area contributed by atoms with Crippen LogP contribution in [0, 0.1) is 5.92 Å². The van der Waals surface area contributed by atoms with Crippen LogP contribution in [0.2, 0.25) is 0 Å². The highest BCUT2D eigenvalue weighted by atomic mass is 16.1. The molecule has 0 unspecified atom stereocenters. The predicted octanol–water partition coefficient (Wildman–Crippen LogP) is 3.12. The lowest BCUT2D eigenvalue weighted by Crippen LogP contribution is -2.26. The number of nitrogens with one attached hydrogen (secondary N) is 1. The quantitative estimate of drug-likeness (QED) is 0.598.